The largest absolute Gasteiger partial charge is 0.397 e. The molecule has 0 spiro atoms. The zero-order chi connectivity index (χ0) is 11.7. The highest BCUT2D eigenvalue weighted by atomic mass is 79.9. The van der Waals surface area contributed by atoms with Gasteiger partial charge in [0.1, 0.15) is 5.15 Å². The quantitative estimate of drug-likeness (QED) is 0.792. The van der Waals surface area contributed by atoms with E-state index in [-0.39, 0.29) is 0 Å². The summed E-state index contributed by atoms with van der Waals surface area (Å²) in [4.78, 5) is 4.04. The van der Waals surface area contributed by atoms with Crippen molar-refractivity contribution in [2.75, 3.05) is 5.73 Å². The van der Waals surface area contributed by atoms with Crippen LogP contribution in [0.4, 0.5) is 5.69 Å². The molecule has 0 bridgehead atoms. The monoisotopic (exact) mass is 316 g/mol. The van der Waals surface area contributed by atoms with Crippen LogP contribution in [-0.2, 0) is 0 Å². The molecular formula is C11H7BrCl2N2. The molecule has 1 aromatic heterocycles. The Kier molecular flexibility index (Phi) is 3.38. The summed E-state index contributed by atoms with van der Waals surface area (Å²) in [5.74, 6) is 0. The zero-order valence-electron chi connectivity index (χ0n) is 8.05. The van der Waals surface area contributed by atoms with Crippen LogP contribution in [0.15, 0.2) is 34.9 Å². The average molecular weight is 318 g/mol. The van der Waals surface area contributed by atoms with Gasteiger partial charge in [0, 0.05) is 16.8 Å². The van der Waals surface area contributed by atoms with Crippen LogP contribution >= 0.6 is 39.1 Å². The lowest BCUT2D eigenvalue weighted by Crippen LogP contribution is -1.94. The molecular weight excluding hydrogens is 311 g/mol. The molecule has 0 saturated heterocycles. The predicted octanol–water partition coefficient (Wildman–Crippen LogP) is 4.40. The molecule has 0 atom stereocenters. The fraction of sp³-hybridized carbons (Fsp3) is 0. The summed E-state index contributed by atoms with van der Waals surface area (Å²) in [6, 6.07) is 7.38. The number of hydrogen-bond donors (Lipinski definition) is 1. The van der Waals surface area contributed by atoms with Gasteiger partial charge >= 0.3 is 0 Å². The summed E-state index contributed by atoms with van der Waals surface area (Å²) >= 11 is 15.0. The van der Waals surface area contributed by atoms with Crippen molar-refractivity contribution in [3.8, 4) is 11.1 Å². The lowest BCUT2D eigenvalue weighted by Gasteiger charge is -2.08. The van der Waals surface area contributed by atoms with Crippen molar-refractivity contribution in [1.82, 2.24) is 4.98 Å². The van der Waals surface area contributed by atoms with E-state index in [1.807, 2.05) is 12.1 Å². The van der Waals surface area contributed by atoms with E-state index in [9.17, 15) is 0 Å². The summed E-state index contributed by atoms with van der Waals surface area (Å²) in [6.07, 6.45) is 1.64. The van der Waals surface area contributed by atoms with E-state index in [4.69, 9.17) is 28.9 Å². The van der Waals surface area contributed by atoms with Gasteiger partial charge < -0.3 is 5.73 Å². The van der Waals surface area contributed by atoms with Gasteiger partial charge in [0.15, 0.2) is 0 Å². The smallest absolute Gasteiger partial charge is 0.145 e. The number of aromatic nitrogens is 1. The average Bonchev–Trinajstić information content (AvgIpc) is 2.28. The lowest BCUT2D eigenvalue weighted by atomic mass is 10.1. The third kappa shape index (κ3) is 2.17. The van der Waals surface area contributed by atoms with Crippen molar-refractivity contribution in [3.05, 3.63) is 45.1 Å². The first kappa shape index (κ1) is 11.7. The summed E-state index contributed by atoms with van der Waals surface area (Å²) in [5.41, 5.74) is 8.30. The van der Waals surface area contributed by atoms with Gasteiger partial charge in [-0.3, -0.25) is 0 Å². The van der Waals surface area contributed by atoms with Gasteiger partial charge in [-0.05, 0) is 33.6 Å². The number of benzene rings is 1. The molecule has 1 heterocycles. The number of pyridine rings is 1. The van der Waals surface area contributed by atoms with Gasteiger partial charge in [-0.15, -0.1) is 0 Å². The Bertz CT molecular complexity index is 526. The third-order valence-electron chi connectivity index (χ3n) is 2.17. The van der Waals surface area contributed by atoms with Crippen LogP contribution in [0.2, 0.25) is 10.2 Å². The summed E-state index contributed by atoms with van der Waals surface area (Å²) in [5, 5.41) is 1.04. The number of halogens is 3. The van der Waals surface area contributed by atoms with Gasteiger partial charge in [0.2, 0.25) is 0 Å². The van der Waals surface area contributed by atoms with E-state index >= 15 is 0 Å². The zero-order valence-corrected chi connectivity index (χ0v) is 11.1. The van der Waals surface area contributed by atoms with E-state index in [1.54, 1.807) is 18.3 Å². The molecule has 0 aliphatic rings. The van der Waals surface area contributed by atoms with E-state index in [0.29, 0.717) is 20.3 Å². The van der Waals surface area contributed by atoms with Crippen LogP contribution < -0.4 is 5.73 Å². The molecule has 1 aromatic carbocycles. The molecule has 0 radical (unpaired) electrons. The Morgan fingerprint density at radius 1 is 1.12 bits per heavy atom. The molecule has 0 unspecified atom stereocenters. The summed E-state index contributed by atoms with van der Waals surface area (Å²) in [6.45, 7) is 0. The molecule has 5 heteroatoms. The molecule has 0 aliphatic heterocycles. The minimum Gasteiger partial charge on any atom is -0.397 e. The number of nitrogen functional groups attached to an aromatic ring is 1. The van der Waals surface area contributed by atoms with Gasteiger partial charge in [-0.25, -0.2) is 4.98 Å². The van der Waals surface area contributed by atoms with E-state index in [1.165, 1.54) is 0 Å². The second kappa shape index (κ2) is 4.62. The number of nitrogens with two attached hydrogens (primary N) is 1. The molecule has 2 rings (SSSR count). The van der Waals surface area contributed by atoms with Crippen LogP contribution in [0, 0.1) is 0 Å². The highest BCUT2D eigenvalue weighted by molar-refractivity contribution is 9.10. The Morgan fingerprint density at radius 2 is 1.75 bits per heavy atom. The normalized spacial score (nSPS) is 10.4. The predicted molar refractivity (Wildman–Crippen MR) is 71.8 cm³/mol. The molecule has 2 aromatic rings. The van der Waals surface area contributed by atoms with Crippen molar-refractivity contribution >= 4 is 44.8 Å². The van der Waals surface area contributed by atoms with Crippen molar-refractivity contribution in [1.29, 1.82) is 0 Å². The van der Waals surface area contributed by atoms with Crippen molar-refractivity contribution in [3.63, 3.8) is 0 Å². The lowest BCUT2D eigenvalue weighted by molar-refractivity contribution is 1.31. The van der Waals surface area contributed by atoms with E-state index in [0.717, 1.165) is 11.1 Å². The highest BCUT2D eigenvalue weighted by Crippen LogP contribution is 2.35. The SMILES string of the molecule is Nc1c(-c2ccc(Cl)cc2)cnc(Cl)c1Br. The fourth-order valence-electron chi connectivity index (χ4n) is 1.34. The van der Waals surface area contributed by atoms with Crippen LogP contribution in [0.3, 0.4) is 0 Å². The highest BCUT2D eigenvalue weighted by Gasteiger charge is 2.09. The molecule has 82 valence electrons. The van der Waals surface area contributed by atoms with Crippen molar-refractivity contribution < 1.29 is 0 Å². The van der Waals surface area contributed by atoms with Crippen LogP contribution in [0.5, 0.6) is 0 Å². The second-order valence-electron chi connectivity index (χ2n) is 3.20. The Balaban J connectivity index is 2.57. The Labute approximate surface area is 112 Å². The second-order valence-corrected chi connectivity index (χ2v) is 4.78. The van der Waals surface area contributed by atoms with Crippen molar-refractivity contribution in [2.45, 2.75) is 0 Å². The Hall–Kier alpha value is -0.770. The minimum absolute atomic E-state index is 0.357. The standard InChI is InChI=1S/C11H7BrCl2N2/c12-9-10(15)8(5-16-11(9)14)6-1-3-7(13)4-2-6/h1-5H,(H2,15,16). The van der Waals surface area contributed by atoms with Gasteiger partial charge in [0.05, 0.1) is 10.2 Å². The molecule has 0 saturated carbocycles. The Morgan fingerprint density at radius 3 is 2.38 bits per heavy atom. The molecule has 0 aliphatic carbocycles. The molecule has 0 fully saturated rings. The minimum atomic E-state index is 0.357. The summed E-state index contributed by atoms with van der Waals surface area (Å²) < 4.78 is 0.613. The number of anilines is 1. The molecule has 2 N–H and O–H groups in total. The fourth-order valence-corrected chi connectivity index (χ4v) is 1.93. The first-order valence-corrected chi connectivity index (χ1v) is 6.00. The summed E-state index contributed by atoms with van der Waals surface area (Å²) in [7, 11) is 0. The van der Waals surface area contributed by atoms with Gasteiger partial charge in [-0.2, -0.15) is 0 Å². The first-order valence-electron chi connectivity index (χ1n) is 4.45. The van der Waals surface area contributed by atoms with Crippen molar-refractivity contribution in [2.24, 2.45) is 0 Å². The third-order valence-corrected chi connectivity index (χ3v) is 3.74. The van der Waals surface area contributed by atoms with Gasteiger partial charge in [0.25, 0.3) is 0 Å². The van der Waals surface area contributed by atoms with E-state index < -0.39 is 0 Å². The molecule has 16 heavy (non-hydrogen) atoms. The number of nitrogens with zero attached hydrogens (tertiary/aromatic N) is 1. The van der Waals surface area contributed by atoms with Crippen LogP contribution in [0.1, 0.15) is 0 Å². The maximum absolute atomic E-state index is 5.95. The molecule has 2 nitrogen and oxygen atoms in total. The number of hydrogen-bond acceptors (Lipinski definition) is 2. The molecule has 0 amide bonds. The van der Waals surface area contributed by atoms with E-state index in [2.05, 4.69) is 20.9 Å². The number of rotatable bonds is 1. The van der Waals surface area contributed by atoms with Crippen LogP contribution in [0.25, 0.3) is 11.1 Å². The maximum Gasteiger partial charge on any atom is 0.145 e. The van der Waals surface area contributed by atoms with Crippen LogP contribution in [-0.4, -0.2) is 4.98 Å². The van der Waals surface area contributed by atoms with Gasteiger partial charge in [-0.1, -0.05) is 35.3 Å². The topological polar surface area (TPSA) is 38.9 Å². The first-order chi connectivity index (χ1) is 7.59. The maximum atomic E-state index is 5.95.